The number of carbonyl (C=O) groups excluding carboxylic acids is 1. The number of aromatic nitrogens is 2. The lowest BCUT2D eigenvalue weighted by molar-refractivity contribution is -0.137. The van der Waals surface area contributed by atoms with Crippen LogP contribution in [0.1, 0.15) is 42.6 Å². The minimum absolute atomic E-state index is 0.0962. The van der Waals surface area contributed by atoms with E-state index in [0.29, 0.717) is 6.42 Å². The highest BCUT2D eigenvalue weighted by Gasteiger charge is 2.18. The van der Waals surface area contributed by atoms with E-state index >= 15 is 0 Å². The molecule has 0 atom stereocenters. The van der Waals surface area contributed by atoms with Crippen molar-refractivity contribution in [2.24, 2.45) is 7.05 Å². The smallest absolute Gasteiger partial charge is 0.248 e. The van der Waals surface area contributed by atoms with Crippen molar-refractivity contribution in [3.63, 3.8) is 0 Å². The normalized spacial score (nSPS) is 16.2. The lowest BCUT2D eigenvalue weighted by Gasteiger charge is -2.11. The Bertz CT molecular complexity index is 434. The Kier molecular flexibility index (Phi) is 4.01. The summed E-state index contributed by atoms with van der Waals surface area (Å²) in [6.07, 6.45) is 5.02. The number of rotatable bonds is 4. The second kappa shape index (κ2) is 5.52. The van der Waals surface area contributed by atoms with Gasteiger partial charge in [0, 0.05) is 18.3 Å². The Morgan fingerprint density at radius 3 is 2.67 bits per heavy atom. The first-order valence-electron chi connectivity index (χ1n) is 6.51. The minimum Gasteiger partial charge on any atom is -0.272 e. The fraction of sp³-hybridized carbons (Fsp3) is 0.692. The summed E-state index contributed by atoms with van der Waals surface area (Å²) in [7, 11) is 1.89. The standard InChI is InChI=1S/C13H21N3O2/c1-9-12(10(2)16(3)14-9)8-13(17)15-18-11-6-4-5-7-11/h11H,4-8H2,1-3H3,(H,15,17). The first-order chi connectivity index (χ1) is 8.58. The summed E-state index contributed by atoms with van der Waals surface area (Å²) in [5, 5.41) is 4.30. The number of amides is 1. The van der Waals surface area contributed by atoms with Crippen LogP contribution in [0.2, 0.25) is 0 Å². The van der Waals surface area contributed by atoms with Crippen LogP contribution in [-0.4, -0.2) is 21.8 Å². The van der Waals surface area contributed by atoms with Gasteiger partial charge in [0.25, 0.3) is 0 Å². The molecular weight excluding hydrogens is 230 g/mol. The number of nitrogens with one attached hydrogen (secondary N) is 1. The van der Waals surface area contributed by atoms with E-state index in [1.807, 2.05) is 20.9 Å². The number of hydrogen-bond acceptors (Lipinski definition) is 3. The van der Waals surface area contributed by atoms with Crippen LogP contribution in [0, 0.1) is 13.8 Å². The fourth-order valence-electron chi connectivity index (χ4n) is 2.43. The molecule has 1 aromatic rings. The zero-order chi connectivity index (χ0) is 13.1. The van der Waals surface area contributed by atoms with E-state index in [4.69, 9.17) is 4.84 Å². The van der Waals surface area contributed by atoms with Crippen molar-refractivity contribution in [1.29, 1.82) is 0 Å². The van der Waals surface area contributed by atoms with E-state index in [9.17, 15) is 4.79 Å². The van der Waals surface area contributed by atoms with Crippen LogP contribution in [0.3, 0.4) is 0 Å². The Hall–Kier alpha value is -1.36. The van der Waals surface area contributed by atoms with Gasteiger partial charge in [-0.3, -0.25) is 14.3 Å². The average molecular weight is 251 g/mol. The molecule has 5 heteroatoms. The molecular formula is C13H21N3O2. The van der Waals surface area contributed by atoms with Gasteiger partial charge in [-0.1, -0.05) is 12.8 Å². The van der Waals surface area contributed by atoms with Gasteiger partial charge >= 0.3 is 0 Å². The van der Waals surface area contributed by atoms with Crippen LogP contribution in [0.5, 0.6) is 0 Å². The van der Waals surface area contributed by atoms with Crippen LogP contribution in [0.4, 0.5) is 0 Å². The predicted octanol–water partition coefficient (Wildman–Crippen LogP) is 1.57. The lowest BCUT2D eigenvalue weighted by atomic mass is 10.1. The lowest BCUT2D eigenvalue weighted by Crippen LogP contribution is -2.29. The molecule has 0 saturated heterocycles. The molecule has 1 fully saturated rings. The summed E-state index contributed by atoms with van der Waals surface area (Å²) < 4.78 is 1.80. The number of nitrogens with zero attached hydrogens (tertiary/aromatic N) is 2. The molecule has 1 amide bonds. The summed E-state index contributed by atoms with van der Waals surface area (Å²) in [6, 6.07) is 0. The van der Waals surface area contributed by atoms with Crippen LogP contribution >= 0.6 is 0 Å². The maximum Gasteiger partial charge on any atom is 0.248 e. The van der Waals surface area contributed by atoms with Gasteiger partial charge in [-0.2, -0.15) is 5.10 Å². The van der Waals surface area contributed by atoms with E-state index in [2.05, 4.69) is 10.6 Å². The van der Waals surface area contributed by atoms with Crippen LogP contribution in [0.15, 0.2) is 0 Å². The summed E-state index contributed by atoms with van der Waals surface area (Å²) >= 11 is 0. The second-order valence-electron chi connectivity index (χ2n) is 5.00. The molecule has 1 saturated carbocycles. The van der Waals surface area contributed by atoms with E-state index in [-0.39, 0.29) is 12.0 Å². The molecule has 5 nitrogen and oxygen atoms in total. The first kappa shape index (κ1) is 13.1. The van der Waals surface area contributed by atoms with Crippen LogP contribution in [0.25, 0.3) is 0 Å². The van der Waals surface area contributed by atoms with Crippen molar-refractivity contribution in [3.8, 4) is 0 Å². The molecule has 100 valence electrons. The number of carbonyl (C=O) groups is 1. The van der Waals surface area contributed by atoms with Crippen LogP contribution in [-0.2, 0) is 23.1 Å². The fourth-order valence-corrected chi connectivity index (χ4v) is 2.43. The molecule has 0 bridgehead atoms. The molecule has 1 aromatic heterocycles. The highest BCUT2D eigenvalue weighted by Crippen LogP contribution is 2.20. The monoisotopic (exact) mass is 251 g/mol. The van der Waals surface area contributed by atoms with Crippen LogP contribution < -0.4 is 5.48 Å². The minimum atomic E-state index is -0.0962. The molecule has 0 aromatic carbocycles. The highest BCUT2D eigenvalue weighted by atomic mass is 16.7. The molecule has 0 radical (unpaired) electrons. The van der Waals surface area contributed by atoms with Gasteiger partial charge in [0.1, 0.15) is 0 Å². The average Bonchev–Trinajstić information content (AvgIpc) is 2.92. The number of hydroxylamine groups is 1. The van der Waals surface area contributed by atoms with Crippen molar-refractivity contribution in [1.82, 2.24) is 15.3 Å². The number of aryl methyl sites for hydroxylation is 2. The molecule has 1 aliphatic carbocycles. The van der Waals surface area contributed by atoms with Gasteiger partial charge in [0.15, 0.2) is 0 Å². The molecule has 1 aliphatic rings. The summed E-state index contributed by atoms with van der Waals surface area (Å²) in [5.74, 6) is -0.0962. The van der Waals surface area contributed by atoms with E-state index in [1.54, 1.807) is 4.68 Å². The highest BCUT2D eigenvalue weighted by molar-refractivity contribution is 5.78. The van der Waals surface area contributed by atoms with Crippen molar-refractivity contribution in [2.75, 3.05) is 0 Å². The first-order valence-corrected chi connectivity index (χ1v) is 6.51. The zero-order valence-electron chi connectivity index (χ0n) is 11.3. The zero-order valence-corrected chi connectivity index (χ0v) is 11.3. The predicted molar refractivity (Wildman–Crippen MR) is 67.9 cm³/mol. The third-order valence-electron chi connectivity index (χ3n) is 3.64. The van der Waals surface area contributed by atoms with Gasteiger partial charge in [0.05, 0.1) is 18.2 Å². The van der Waals surface area contributed by atoms with E-state index in [0.717, 1.165) is 29.8 Å². The molecule has 0 unspecified atom stereocenters. The quantitative estimate of drug-likeness (QED) is 0.826. The third-order valence-corrected chi connectivity index (χ3v) is 3.64. The summed E-state index contributed by atoms with van der Waals surface area (Å²) in [4.78, 5) is 17.2. The van der Waals surface area contributed by atoms with Gasteiger partial charge in [-0.05, 0) is 26.7 Å². The Balaban J connectivity index is 1.86. The Morgan fingerprint density at radius 1 is 1.44 bits per heavy atom. The summed E-state index contributed by atoms with van der Waals surface area (Å²) in [5.41, 5.74) is 5.49. The SMILES string of the molecule is Cc1nn(C)c(C)c1CC(=O)NOC1CCCC1. The molecule has 1 N–H and O–H groups in total. The van der Waals surface area contributed by atoms with Crippen molar-refractivity contribution < 1.29 is 9.63 Å². The Morgan fingerprint density at radius 2 is 2.11 bits per heavy atom. The van der Waals surface area contributed by atoms with Gasteiger partial charge in [-0.25, -0.2) is 5.48 Å². The van der Waals surface area contributed by atoms with Crippen molar-refractivity contribution in [2.45, 2.75) is 52.1 Å². The van der Waals surface area contributed by atoms with Crippen molar-refractivity contribution in [3.05, 3.63) is 17.0 Å². The molecule has 0 aliphatic heterocycles. The maximum absolute atomic E-state index is 11.8. The number of hydrogen-bond donors (Lipinski definition) is 1. The Labute approximate surface area is 107 Å². The molecule has 18 heavy (non-hydrogen) atoms. The third kappa shape index (κ3) is 2.90. The largest absolute Gasteiger partial charge is 0.272 e. The van der Waals surface area contributed by atoms with Crippen molar-refractivity contribution >= 4 is 5.91 Å². The summed E-state index contributed by atoms with van der Waals surface area (Å²) in [6.45, 7) is 3.90. The topological polar surface area (TPSA) is 56.2 Å². The molecule has 1 heterocycles. The van der Waals surface area contributed by atoms with Gasteiger partial charge in [0.2, 0.25) is 5.91 Å². The van der Waals surface area contributed by atoms with E-state index in [1.165, 1.54) is 12.8 Å². The maximum atomic E-state index is 11.8. The van der Waals surface area contributed by atoms with Gasteiger partial charge in [-0.15, -0.1) is 0 Å². The second-order valence-corrected chi connectivity index (χ2v) is 5.00. The molecule has 0 spiro atoms. The molecule has 2 rings (SSSR count). The van der Waals surface area contributed by atoms with Gasteiger partial charge < -0.3 is 0 Å². The van der Waals surface area contributed by atoms with E-state index < -0.39 is 0 Å².